The first-order chi connectivity index (χ1) is 20.5. The molecule has 2 aliphatic rings. The lowest BCUT2D eigenvalue weighted by atomic mass is 9.84. The number of benzene rings is 2. The first kappa shape index (κ1) is 30.6. The number of carbonyl (C=O) groups is 3. The van der Waals surface area contributed by atoms with Crippen molar-refractivity contribution in [2.75, 3.05) is 31.2 Å². The number of hydrogen-bond donors (Lipinski definition) is 2. The van der Waals surface area contributed by atoms with Crippen LogP contribution in [0.1, 0.15) is 60.8 Å². The highest BCUT2D eigenvalue weighted by molar-refractivity contribution is 5.92. The number of nitrogens with zero attached hydrogens (tertiary/aromatic N) is 3. The number of nitrogens with two attached hydrogens (primary N) is 1. The summed E-state index contributed by atoms with van der Waals surface area (Å²) in [6, 6.07) is 17.3. The molecule has 4 amide bonds. The molecule has 0 spiro atoms. The molecule has 42 heavy (non-hydrogen) atoms. The number of morpholine rings is 1. The largest absolute Gasteiger partial charge is 0.378 e. The van der Waals surface area contributed by atoms with E-state index in [1.165, 1.54) is 56.0 Å². The number of nitrogens with one attached hydrogen (secondary N) is 1. The molecule has 1 aliphatic carbocycles. The molecule has 3 aromatic rings. The average molecular weight is 576 g/mol. The van der Waals surface area contributed by atoms with E-state index in [9.17, 15) is 18.8 Å². The van der Waals surface area contributed by atoms with Crippen LogP contribution in [0.25, 0.3) is 0 Å². The van der Waals surface area contributed by atoms with Gasteiger partial charge < -0.3 is 20.7 Å². The molecule has 1 atom stereocenters. The lowest BCUT2D eigenvalue weighted by molar-refractivity contribution is -0.122. The third kappa shape index (κ3) is 8.59. The van der Waals surface area contributed by atoms with Gasteiger partial charge in [0.25, 0.3) is 0 Å². The van der Waals surface area contributed by atoms with Gasteiger partial charge in [0, 0.05) is 36.7 Å². The summed E-state index contributed by atoms with van der Waals surface area (Å²) in [7, 11) is 0. The maximum absolute atomic E-state index is 13.4. The molecule has 1 unspecified atom stereocenters. The average Bonchev–Trinajstić information content (AvgIpc) is 3.04. The molecule has 3 N–H and O–H groups in total. The van der Waals surface area contributed by atoms with Gasteiger partial charge in [-0.2, -0.15) is 0 Å². The van der Waals surface area contributed by atoms with E-state index in [0.717, 1.165) is 5.56 Å². The maximum Gasteiger partial charge on any atom is 0.324 e. The Morgan fingerprint density at radius 2 is 1.74 bits per heavy atom. The van der Waals surface area contributed by atoms with Crippen molar-refractivity contribution < 1.29 is 23.5 Å². The molecule has 2 fully saturated rings. The minimum atomic E-state index is -0.800. The minimum Gasteiger partial charge on any atom is -0.378 e. The molecule has 5 rings (SSSR count). The number of rotatable bonds is 8. The normalized spacial score (nSPS) is 16.0. The van der Waals surface area contributed by atoms with Gasteiger partial charge in [0.2, 0.25) is 12.3 Å². The molecule has 2 heterocycles. The van der Waals surface area contributed by atoms with Gasteiger partial charge in [0.1, 0.15) is 11.9 Å². The maximum atomic E-state index is 13.4. The number of carbonyl (C=O) groups excluding carboxylic acids is 3. The van der Waals surface area contributed by atoms with E-state index >= 15 is 0 Å². The molecule has 2 aromatic carbocycles. The van der Waals surface area contributed by atoms with Crippen molar-refractivity contribution >= 4 is 24.0 Å². The Bertz CT molecular complexity index is 1280. The van der Waals surface area contributed by atoms with E-state index < -0.39 is 11.9 Å². The molecule has 9 nitrogen and oxygen atoms in total. The summed E-state index contributed by atoms with van der Waals surface area (Å²) in [5, 5.41) is 2.30. The van der Waals surface area contributed by atoms with Crippen molar-refractivity contribution in [2.24, 2.45) is 5.73 Å². The van der Waals surface area contributed by atoms with Crippen molar-refractivity contribution in [3.8, 4) is 0 Å². The molecule has 1 saturated carbocycles. The Labute approximate surface area is 245 Å². The SMILES string of the molecule is NC(=O)C(NC=O)c1cccnc1.O=C(N1CCOCC1)N(Cc1ccc(C2CCCCC2)cc1)c1ccc(F)cc1. The van der Waals surface area contributed by atoms with Crippen molar-refractivity contribution in [2.45, 2.75) is 50.6 Å². The molecule has 1 saturated heterocycles. The lowest BCUT2D eigenvalue weighted by Gasteiger charge is -2.33. The number of anilines is 1. The molecular weight excluding hydrogens is 537 g/mol. The third-order valence-corrected chi connectivity index (χ3v) is 7.58. The highest BCUT2D eigenvalue weighted by Gasteiger charge is 2.25. The summed E-state index contributed by atoms with van der Waals surface area (Å²) in [6.45, 7) is 2.74. The molecule has 10 heteroatoms. The van der Waals surface area contributed by atoms with Crippen molar-refractivity contribution in [3.05, 3.63) is 95.6 Å². The zero-order valence-electron chi connectivity index (χ0n) is 23.7. The molecule has 1 aliphatic heterocycles. The van der Waals surface area contributed by atoms with Gasteiger partial charge in [-0.15, -0.1) is 0 Å². The quantitative estimate of drug-likeness (QED) is 0.378. The first-order valence-electron chi connectivity index (χ1n) is 14.3. The lowest BCUT2D eigenvalue weighted by Crippen LogP contribution is -2.48. The van der Waals surface area contributed by atoms with E-state index in [1.807, 2.05) is 4.90 Å². The standard InChI is InChI=1S/C24H29FN2O2.C8H9N3O2/c25-22-10-12-23(13-11-22)27(24(28)26-14-16-29-17-15-26)18-19-6-8-21(9-7-19)20-4-2-1-3-5-20;9-8(13)7(11-5-12)6-2-1-3-10-4-6/h6-13,20H,1-5,14-18H2;1-5,7H,(H2,9,13)(H,11,12). The van der Waals surface area contributed by atoms with Crippen LogP contribution in [0.4, 0.5) is 14.9 Å². The van der Waals surface area contributed by atoms with E-state index in [0.29, 0.717) is 56.4 Å². The highest BCUT2D eigenvalue weighted by atomic mass is 19.1. The number of amides is 4. The number of pyridine rings is 1. The second-order valence-corrected chi connectivity index (χ2v) is 10.4. The number of hydrogen-bond acceptors (Lipinski definition) is 5. The van der Waals surface area contributed by atoms with Gasteiger partial charge in [-0.25, -0.2) is 9.18 Å². The van der Waals surface area contributed by atoms with E-state index in [4.69, 9.17) is 10.5 Å². The van der Waals surface area contributed by atoms with Crippen LogP contribution < -0.4 is 16.0 Å². The van der Waals surface area contributed by atoms with E-state index in [2.05, 4.69) is 34.6 Å². The first-order valence-corrected chi connectivity index (χ1v) is 14.3. The van der Waals surface area contributed by atoms with Crippen molar-refractivity contribution in [3.63, 3.8) is 0 Å². The number of ether oxygens (including phenoxy) is 1. The fourth-order valence-corrected chi connectivity index (χ4v) is 5.29. The second kappa shape index (κ2) is 15.6. The number of aromatic nitrogens is 1. The molecule has 0 bridgehead atoms. The van der Waals surface area contributed by atoms with Crippen molar-refractivity contribution in [1.29, 1.82) is 0 Å². The van der Waals surface area contributed by atoms with Crippen LogP contribution in [0.5, 0.6) is 0 Å². The fraction of sp³-hybridized carbons (Fsp3) is 0.375. The van der Waals surface area contributed by atoms with Gasteiger partial charge >= 0.3 is 6.03 Å². The summed E-state index contributed by atoms with van der Waals surface area (Å²) in [4.78, 5) is 41.6. The monoisotopic (exact) mass is 575 g/mol. The van der Waals surface area contributed by atoms with E-state index in [-0.39, 0.29) is 11.8 Å². The van der Waals surface area contributed by atoms with Gasteiger partial charge in [0.05, 0.1) is 19.8 Å². The Hall–Kier alpha value is -4.31. The zero-order valence-corrected chi connectivity index (χ0v) is 23.7. The van der Waals surface area contributed by atoms with Gasteiger partial charge in [-0.05, 0) is 60.2 Å². The van der Waals surface area contributed by atoms with Crippen LogP contribution >= 0.6 is 0 Å². The summed E-state index contributed by atoms with van der Waals surface area (Å²) in [6.07, 6.45) is 10.0. The molecule has 222 valence electrons. The predicted octanol–water partition coefficient (Wildman–Crippen LogP) is 4.69. The number of primary amides is 1. The summed E-state index contributed by atoms with van der Waals surface area (Å²) in [5.74, 6) is -0.245. The fourth-order valence-electron chi connectivity index (χ4n) is 5.29. The van der Waals surface area contributed by atoms with Crippen LogP contribution in [-0.4, -0.2) is 54.5 Å². The van der Waals surface area contributed by atoms with Gasteiger partial charge in [-0.1, -0.05) is 49.6 Å². The molecule has 0 radical (unpaired) electrons. The Morgan fingerprint density at radius 1 is 1.05 bits per heavy atom. The molecular formula is C32H38FN5O4. The Morgan fingerprint density at radius 3 is 2.33 bits per heavy atom. The second-order valence-electron chi connectivity index (χ2n) is 10.4. The van der Waals surface area contributed by atoms with Crippen LogP contribution in [0.2, 0.25) is 0 Å². The minimum absolute atomic E-state index is 0.0590. The Kier molecular flexibility index (Phi) is 11.4. The number of urea groups is 1. The smallest absolute Gasteiger partial charge is 0.324 e. The predicted molar refractivity (Wildman–Crippen MR) is 158 cm³/mol. The van der Waals surface area contributed by atoms with Gasteiger partial charge in [0.15, 0.2) is 0 Å². The summed E-state index contributed by atoms with van der Waals surface area (Å²) >= 11 is 0. The zero-order chi connectivity index (χ0) is 29.7. The summed E-state index contributed by atoms with van der Waals surface area (Å²) < 4.78 is 18.8. The summed E-state index contributed by atoms with van der Waals surface area (Å²) in [5.41, 5.74) is 8.83. The number of halogens is 1. The van der Waals surface area contributed by atoms with Crippen LogP contribution in [0.15, 0.2) is 73.1 Å². The van der Waals surface area contributed by atoms with Crippen LogP contribution in [0, 0.1) is 5.82 Å². The third-order valence-electron chi connectivity index (χ3n) is 7.58. The Balaban J connectivity index is 0.000000262. The van der Waals surface area contributed by atoms with Gasteiger partial charge in [-0.3, -0.25) is 19.5 Å². The highest BCUT2D eigenvalue weighted by Crippen LogP contribution is 2.33. The van der Waals surface area contributed by atoms with E-state index in [1.54, 1.807) is 35.4 Å². The topological polar surface area (TPSA) is 118 Å². The van der Waals surface area contributed by atoms with Crippen LogP contribution in [0.3, 0.4) is 0 Å². The van der Waals surface area contributed by atoms with Crippen LogP contribution in [-0.2, 0) is 20.9 Å². The molecule has 1 aromatic heterocycles. The van der Waals surface area contributed by atoms with Crippen molar-refractivity contribution in [1.82, 2.24) is 15.2 Å².